The van der Waals surface area contributed by atoms with Gasteiger partial charge in [-0.3, -0.25) is 0 Å². The van der Waals surface area contributed by atoms with Gasteiger partial charge in [-0.25, -0.2) is 0 Å². The zero-order valence-corrected chi connectivity index (χ0v) is 14.4. The van der Waals surface area contributed by atoms with Crippen molar-refractivity contribution in [1.29, 1.82) is 0 Å². The van der Waals surface area contributed by atoms with Crippen LogP contribution in [0.15, 0.2) is 66.6 Å². The first-order valence-corrected chi connectivity index (χ1v) is 8.88. The number of hydrogen-bond acceptors (Lipinski definition) is 2. The van der Waals surface area contributed by atoms with Gasteiger partial charge in [0, 0.05) is 4.88 Å². The van der Waals surface area contributed by atoms with Crippen molar-refractivity contribution in [2.75, 3.05) is 6.61 Å². The molecule has 0 N–H and O–H groups in total. The molecular formula is C22H18OS. The summed E-state index contributed by atoms with van der Waals surface area (Å²) < 4.78 is 5.89. The Kier molecular flexibility index (Phi) is 3.83. The van der Waals surface area contributed by atoms with E-state index in [0.29, 0.717) is 6.61 Å². The fourth-order valence-electron chi connectivity index (χ4n) is 3.11. The molecule has 0 aliphatic heterocycles. The maximum Gasteiger partial charge on any atom is 0.120 e. The van der Waals surface area contributed by atoms with E-state index in [9.17, 15) is 0 Å². The van der Waals surface area contributed by atoms with E-state index in [0.717, 1.165) is 11.3 Å². The van der Waals surface area contributed by atoms with Crippen LogP contribution in [0.2, 0.25) is 0 Å². The molecule has 0 atom stereocenters. The highest BCUT2D eigenvalue weighted by Gasteiger charge is 2.21. The molecular weight excluding hydrogens is 312 g/mol. The molecule has 3 aromatic rings. The standard InChI is InChI=1S/C22H18OS/c1-15-19-7-3-4-8-20(19)21-10-9-18(14-22(15)21)23-12-5-6-17-11-13-24-16(17)2/h3-11,13-14H,1,12H2,2H3/b6-5+. The van der Waals surface area contributed by atoms with Gasteiger partial charge < -0.3 is 4.74 Å². The highest BCUT2D eigenvalue weighted by atomic mass is 32.1. The Labute approximate surface area is 146 Å². The lowest BCUT2D eigenvalue weighted by Crippen LogP contribution is -1.94. The summed E-state index contributed by atoms with van der Waals surface area (Å²) in [6, 6.07) is 16.8. The molecule has 24 heavy (non-hydrogen) atoms. The minimum Gasteiger partial charge on any atom is -0.490 e. The summed E-state index contributed by atoms with van der Waals surface area (Å²) >= 11 is 1.76. The van der Waals surface area contributed by atoms with Crippen LogP contribution in [0, 0.1) is 6.92 Å². The Morgan fingerprint density at radius 1 is 1.00 bits per heavy atom. The number of hydrogen-bond donors (Lipinski definition) is 0. The van der Waals surface area contributed by atoms with E-state index in [-0.39, 0.29) is 0 Å². The van der Waals surface area contributed by atoms with Gasteiger partial charge in [0.05, 0.1) is 0 Å². The first kappa shape index (κ1) is 15.0. The minimum absolute atomic E-state index is 0.563. The smallest absolute Gasteiger partial charge is 0.120 e. The van der Waals surface area contributed by atoms with Crippen LogP contribution in [0.5, 0.6) is 5.75 Å². The van der Waals surface area contributed by atoms with Crippen molar-refractivity contribution in [2.45, 2.75) is 6.92 Å². The summed E-state index contributed by atoms with van der Waals surface area (Å²) in [5.41, 5.74) is 7.24. The van der Waals surface area contributed by atoms with Crippen LogP contribution < -0.4 is 4.74 Å². The first-order chi connectivity index (χ1) is 11.7. The van der Waals surface area contributed by atoms with E-state index in [1.54, 1.807) is 11.3 Å². The van der Waals surface area contributed by atoms with Crippen molar-refractivity contribution in [3.8, 4) is 16.9 Å². The third-order valence-electron chi connectivity index (χ3n) is 4.40. The Bertz CT molecular complexity index is 946. The summed E-state index contributed by atoms with van der Waals surface area (Å²) in [6.07, 6.45) is 4.18. The highest BCUT2D eigenvalue weighted by Crippen LogP contribution is 2.44. The molecule has 1 heterocycles. The fourth-order valence-corrected chi connectivity index (χ4v) is 3.80. The van der Waals surface area contributed by atoms with Crippen molar-refractivity contribution in [2.24, 2.45) is 0 Å². The average Bonchev–Trinajstić information content (AvgIpc) is 3.14. The molecule has 0 unspecified atom stereocenters. The second-order valence-corrected chi connectivity index (χ2v) is 7.00. The van der Waals surface area contributed by atoms with E-state index in [4.69, 9.17) is 4.74 Å². The van der Waals surface area contributed by atoms with Gasteiger partial charge >= 0.3 is 0 Å². The summed E-state index contributed by atoms with van der Waals surface area (Å²) in [4.78, 5) is 1.33. The topological polar surface area (TPSA) is 9.23 Å². The van der Waals surface area contributed by atoms with Crippen LogP contribution in [0.4, 0.5) is 0 Å². The maximum absolute atomic E-state index is 5.89. The van der Waals surface area contributed by atoms with E-state index in [1.165, 1.54) is 32.7 Å². The molecule has 4 rings (SSSR count). The van der Waals surface area contributed by atoms with Gasteiger partial charge in [-0.15, -0.1) is 11.3 Å². The normalized spacial score (nSPS) is 12.5. The second-order valence-electron chi connectivity index (χ2n) is 5.88. The largest absolute Gasteiger partial charge is 0.490 e. The third-order valence-corrected chi connectivity index (χ3v) is 5.26. The Hall–Kier alpha value is -2.58. The first-order valence-electron chi connectivity index (χ1n) is 8.00. The molecule has 118 valence electrons. The van der Waals surface area contributed by atoms with E-state index in [1.807, 2.05) is 6.07 Å². The van der Waals surface area contributed by atoms with Crippen LogP contribution in [0.1, 0.15) is 21.6 Å². The Morgan fingerprint density at radius 2 is 1.79 bits per heavy atom. The maximum atomic E-state index is 5.89. The molecule has 1 nitrogen and oxygen atoms in total. The molecule has 0 saturated heterocycles. The van der Waals surface area contributed by atoms with Crippen molar-refractivity contribution in [1.82, 2.24) is 0 Å². The molecule has 0 saturated carbocycles. The van der Waals surface area contributed by atoms with Crippen molar-refractivity contribution in [3.63, 3.8) is 0 Å². The number of fused-ring (bicyclic) bond motifs is 3. The van der Waals surface area contributed by atoms with Gasteiger partial charge in [0.1, 0.15) is 12.4 Å². The van der Waals surface area contributed by atoms with Crippen LogP contribution in [0.3, 0.4) is 0 Å². The molecule has 0 bridgehead atoms. The summed E-state index contributed by atoms with van der Waals surface area (Å²) in [7, 11) is 0. The SMILES string of the molecule is C=C1c2ccccc2-c2ccc(OC/C=C/c3ccsc3C)cc21. The molecule has 1 aromatic heterocycles. The van der Waals surface area contributed by atoms with E-state index < -0.39 is 0 Å². The Morgan fingerprint density at radius 3 is 2.58 bits per heavy atom. The van der Waals surface area contributed by atoms with Crippen LogP contribution in [-0.4, -0.2) is 6.61 Å². The zero-order chi connectivity index (χ0) is 16.5. The number of aryl methyl sites for hydroxylation is 1. The monoisotopic (exact) mass is 330 g/mol. The predicted molar refractivity (Wildman–Crippen MR) is 104 cm³/mol. The molecule has 0 radical (unpaired) electrons. The predicted octanol–water partition coefficient (Wildman–Crippen LogP) is 6.19. The summed E-state index contributed by atoms with van der Waals surface area (Å²) in [5, 5.41) is 2.11. The lowest BCUT2D eigenvalue weighted by Gasteiger charge is -2.06. The average molecular weight is 330 g/mol. The molecule has 1 aliphatic rings. The summed E-state index contributed by atoms with van der Waals surface area (Å²) in [5.74, 6) is 0.884. The van der Waals surface area contributed by atoms with Gasteiger partial charge in [-0.05, 0) is 70.0 Å². The van der Waals surface area contributed by atoms with Gasteiger partial charge in [-0.1, -0.05) is 43.0 Å². The van der Waals surface area contributed by atoms with E-state index >= 15 is 0 Å². The van der Waals surface area contributed by atoms with Gasteiger partial charge in [-0.2, -0.15) is 0 Å². The Balaban J connectivity index is 1.50. The van der Waals surface area contributed by atoms with E-state index in [2.05, 4.69) is 73.5 Å². The zero-order valence-electron chi connectivity index (χ0n) is 13.6. The van der Waals surface area contributed by atoms with Gasteiger partial charge in [0.2, 0.25) is 0 Å². The number of rotatable bonds is 4. The van der Waals surface area contributed by atoms with Gasteiger partial charge in [0.15, 0.2) is 0 Å². The van der Waals surface area contributed by atoms with Crippen LogP contribution >= 0.6 is 11.3 Å². The van der Waals surface area contributed by atoms with Crippen molar-refractivity contribution in [3.05, 3.63) is 88.1 Å². The molecule has 0 amide bonds. The fraction of sp³-hybridized carbons (Fsp3) is 0.0909. The van der Waals surface area contributed by atoms with Crippen molar-refractivity contribution < 1.29 is 4.74 Å². The molecule has 2 heteroatoms. The highest BCUT2D eigenvalue weighted by molar-refractivity contribution is 7.10. The van der Waals surface area contributed by atoms with Crippen LogP contribution in [0.25, 0.3) is 22.8 Å². The number of benzene rings is 2. The van der Waals surface area contributed by atoms with Gasteiger partial charge in [0.25, 0.3) is 0 Å². The third kappa shape index (κ3) is 2.59. The minimum atomic E-state index is 0.563. The molecule has 0 spiro atoms. The van der Waals surface area contributed by atoms with Crippen molar-refractivity contribution >= 4 is 23.0 Å². The number of ether oxygens (including phenoxy) is 1. The summed E-state index contributed by atoms with van der Waals surface area (Å²) in [6.45, 7) is 6.95. The second kappa shape index (κ2) is 6.14. The lowest BCUT2D eigenvalue weighted by atomic mass is 10.1. The molecule has 1 aliphatic carbocycles. The number of thiophene rings is 1. The quantitative estimate of drug-likeness (QED) is 0.433. The molecule has 0 fully saturated rings. The van der Waals surface area contributed by atoms with Crippen LogP contribution in [-0.2, 0) is 0 Å². The lowest BCUT2D eigenvalue weighted by molar-refractivity contribution is 0.363. The molecule has 2 aromatic carbocycles.